The van der Waals surface area contributed by atoms with Crippen LogP contribution < -0.4 is 5.32 Å². The Morgan fingerprint density at radius 3 is 2.43 bits per heavy atom. The molecule has 0 saturated carbocycles. The Bertz CT molecular complexity index is 656. The summed E-state index contributed by atoms with van der Waals surface area (Å²) in [5, 5.41) is 2.88. The van der Waals surface area contributed by atoms with Gasteiger partial charge in [-0.1, -0.05) is 11.6 Å². The molecule has 1 aliphatic heterocycles. The predicted octanol–water partition coefficient (Wildman–Crippen LogP) is 2.98. The van der Waals surface area contributed by atoms with Crippen LogP contribution >= 0.6 is 11.6 Å². The lowest BCUT2D eigenvalue weighted by atomic mass is 9.98. The maximum absolute atomic E-state index is 13.1. The van der Waals surface area contributed by atoms with Gasteiger partial charge in [-0.05, 0) is 50.6 Å². The van der Waals surface area contributed by atoms with Crippen molar-refractivity contribution in [1.29, 1.82) is 0 Å². The molecular formula is C14H18ClF3N2O2S. The van der Waals surface area contributed by atoms with Crippen LogP contribution in [0.25, 0.3) is 0 Å². The second-order valence-electron chi connectivity index (χ2n) is 5.54. The Labute approximate surface area is 138 Å². The van der Waals surface area contributed by atoms with E-state index in [9.17, 15) is 21.6 Å². The lowest BCUT2D eigenvalue weighted by Gasteiger charge is -2.31. The Balaban J connectivity index is 2.31. The number of benzene rings is 1. The zero-order chi connectivity index (χ0) is 17.3. The van der Waals surface area contributed by atoms with E-state index in [4.69, 9.17) is 11.6 Å². The molecule has 1 aromatic carbocycles. The molecule has 1 heterocycles. The summed E-state index contributed by atoms with van der Waals surface area (Å²) in [5.41, 5.74) is -1.22. The third-order valence-corrected chi connectivity index (χ3v) is 6.12. The summed E-state index contributed by atoms with van der Waals surface area (Å²) in [6, 6.07) is 2.75. The molecule has 0 atom stereocenters. The van der Waals surface area contributed by atoms with Gasteiger partial charge in [0, 0.05) is 18.1 Å². The number of hydrogen-bond donors (Lipinski definition) is 1. The van der Waals surface area contributed by atoms with Gasteiger partial charge in [-0.15, -0.1) is 0 Å². The highest BCUT2D eigenvalue weighted by Crippen LogP contribution is 2.37. The molecule has 1 saturated heterocycles. The van der Waals surface area contributed by atoms with Crippen molar-refractivity contribution < 1.29 is 21.6 Å². The maximum Gasteiger partial charge on any atom is 0.417 e. The van der Waals surface area contributed by atoms with Gasteiger partial charge in [0.25, 0.3) is 0 Å². The van der Waals surface area contributed by atoms with Gasteiger partial charge >= 0.3 is 6.18 Å². The predicted molar refractivity (Wildman–Crippen MR) is 81.9 cm³/mol. The number of nitrogens with one attached hydrogen (secondary N) is 1. The second kappa shape index (κ2) is 6.96. The standard InChI is InChI=1S/C14H18ClF3N2O2S/c1-19-9-10-4-6-20(7-5-10)23(21,22)13-3-2-11(15)8-12(13)14(16,17)18/h2-3,8,10,19H,4-7,9H2,1H3. The number of hydrogen-bond acceptors (Lipinski definition) is 3. The molecule has 0 unspecified atom stereocenters. The number of halogens is 4. The minimum absolute atomic E-state index is 0.149. The molecule has 4 nitrogen and oxygen atoms in total. The van der Waals surface area contributed by atoms with Gasteiger partial charge in [-0.2, -0.15) is 17.5 Å². The minimum atomic E-state index is -4.78. The number of alkyl halides is 3. The van der Waals surface area contributed by atoms with Crippen molar-refractivity contribution in [2.75, 3.05) is 26.7 Å². The second-order valence-corrected chi connectivity index (χ2v) is 7.89. The normalized spacial score (nSPS) is 18.3. The highest BCUT2D eigenvalue weighted by Gasteiger charge is 2.40. The monoisotopic (exact) mass is 370 g/mol. The van der Waals surface area contributed by atoms with Crippen molar-refractivity contribution >= 4 is 21.6 Å². The molecule has 130 valence electrons. The molecule has 0 aliphatic carbocycles. The van der Waals surface area contributed by atoms with Crippen LogP contribution in [0.15, 0.2) is 23.1 Å². The summed E-state index contributed by atoms with van der Waals surface area (Å²) >= 11 is 5.60. The lowest BCUT2D eigenvalue weighted by Crippen LogP contribution is -2.40. The molecule has 9 heteroatoms. The Morgan fingerprint density at radius 2 is 1.91 bits per heavy atom. The molecule has 1 fully saturated rings. The first-order chi connectivity index (χ1) is 10.7. The highest BCUT2D eigenvalue weighted by atomic mass is 35.5. The first-order valence-corrected chi connectivity index (χ1v) is 8.99. The molecule has 1 N–H and O–H groups in total. The highest BCUT2D eigenvalue weighted by molar-refractivity contribution is 7.89. The zero-order valence-electron chi connectivity index (χ0n) is 12.5. The summed E-state index contributed by atoms with van der Waals surface area (Å²) < 4.78 is 65.7. The molecule has 23 heavy (non-hydrogen) atoms. The van der Waals surface area contributed by atoms with Crippen LogP contribution in [-0.2, 0) is 16.2 Å². The smallest absolute Gasteiger partial charge is 0.319 e. The van der Waals surface area contributed by atoms with Crippen LogP contribution in [0.5, 0.6) is 0 Å². The van der Waals surface area contributed by atoms with Crippen molar-refractivity contribution in [3.63, 3.8) is 0 Å². The van der Waals surface area contributed by atoms with Crippen LogP contribution in [0, 0.1) is 5.92 Å². The van der Waals surface area contributed by atoms with Crippen LogP contribution in [0.1, 0.15) is 18.4 Å². The van der Waals surface area contributed by atoms with Gasteiger partial charge in [-0.3, -0.25) is 0 Å². The molecule has 0 spiro atoms. The van der Waals surface area contributed by atoms with E-state index < -0.39 is 26.7 Å². The molecular weight excluding hydrogens is 353 g/mol. The molecule has 2 rings (SSSR count). The summed E-state index contributed by atoms with van der Waals surface area (Å²) in [5.74, 6) is 0.332. The van der Waals surface area contributed by atoms with E-state index in [0.29, 0.717) is 24.8 Å². The van der Waals surface area contributed by atoms with E-state index >= 15 is 0 Å². The first-order valence-electron chi connectivity index (χ1n) is 7.17. The third kappa shape index (κ3) is 4.17. The van der Waals surface area contributed by atoms with E-state index in [1.807, 2.05) is 7.05 Å². The summed E-state index contributed by atoms with van der Waals surface area (Å²) in [7, 11) is -2.38. The fourth-order valence-corrected chi connectivity index (χ4v) is 4.56. The van der Waals surface area contributed by atoms with Crippen LogP contribution in [0.4, 0.5) is 13.2 Å². The van der Waals surface area contributed by atoms with E-state index in [0.717, 1.165) is 23.0 Å². The van der Waals surface area contributed by atoms with Crippen LogP contribution in [0.2, 0.25) is 5.02 Å². The van der Waals surface area contributed by atoms with Crippen molar-refractivity contribution in [1.82, 2.24) is 9.62 Å². The molecule has 0 bridgehead atoms. The van der Waals surface area contributed by atoms with Gasteiger partial charge in [0.05, 0.1) is 10.5 Å². The molecule has 1 aromatic rings. The zero-order valence-corrected chi connectivity index (χ0v) is 14.1. The minimum Gasteiger partial charge on any atom is -0.319 e. The Kier molecular flexibility index (Phi) is 5.60. The number of rotatable bonds is 4. The molecule has 0 aromatic heterocycles. The number of nitrogens with zero attached hydrogens (tertiary/aromatic N) is 1. The van der Waals surface area contributed by atoms with E-state index in [2.05, 4.69) is 5.32 Å². The SMILES string of the molecule is CNCC1CCN(S(=O)(=O)c2ccc(Cl)cc2C(F)(F)F)CC1. The quantitative estimate of drug-likeness (QED) is 0.886. The van der Waals surface area contributed by atoms with Crippen LogP contribution in [0.3, 0.4) is 0 Å². The van der Waals surface area contributed by atoms with Crippen molar-refractivity contribution in [3.8, 4) is 0 Å². The molecule has 0 amide bonds. The fraction of sp³-hybridized carbons (Fsp3) is 0.571. The summed E-state index contributed by atoms with van der Waals surface area (Å²) in [4.78, 5) is -0.735. The topological polar surface area (TPSA) is 49.4 Å². The fourth-order valence-electron chi connectivity index (χ4n) is 2.73. The van der Waals surface area contributed by atoms with E-state index in [1.54, 1.807) is 0 Å². The average Bonchev–Trinajstić information content (AvgIpc) is 2.47. The largest absolute Gasteiger partial charge is 0.417 e. The van der Waals surface area contributed by atoms with Crippen molar-refractivity contribution in [2.24, 2.45) is 5.92 Å². The summed E-state index contributed by atoms with van der Waals surface area (Å²) in [6.07, 6.45) is -3.54. The average molecular weight is 371 g/mol. The van der Waals surface area contributed by atoms with Crippen molar-refractivity contribution in [2.45, 2.75) is 23.9 Å². The molecule has 0 radical (unpaired) electrons. The van der Waals surface area contributed by atoms with Crippen molar-refractivity contribution in [3.05, 3.63) is 28.8 Å². The number of sulfonamides is 1. The van der Waals surface area contributed by atoms with Gasteiger partial charge < -0.3 is 5.32 Å². The van der Waals surface area contributed by atoms with Crippen LogP contribution in [-0.4, -0.2) is 39.4 Å². The van der Waals surface area contributed by atoms with Gasteiger partial charge in [0.15, 0.2) is 0 Å². The lowest BCUT2D eigenvalue weighted by molar-refractivity contribution is -0.139. The van der Waals surface area contributed by atoms with Gasteiger partial charge in [-0.25, -0.2) is 8.42 Å². The van der Waals surface area contributed by atoms with Gasteiger partial charge in [0.2, 0.25) is 10.0 Å². The third-order valence-electron chi connectivity index (χ3n) is 3.93. The van der Waals surface area contributed by atoms with E-state index in [1.165, 1.54) is 0 Å². The maximum atomic E-state index is 13.1. The van der Waals surface area contributed by atoms with Gasteiger partial charge in [0.1, 0.15) is 0 Å². The van der Waals surface area contributed by atoms with E-state index in [-0.39, 0.29) is 18.1 Å². The Hall–Kier alpha value is -0.830. The Morgan fingerprint density at radius 1 is 1.30 bits per heavy atom. The molecule has 1 aliphatic rings. The number of piperidine rings is 1. The summed E-state index contributed by atoms with van der Waals surface area (Å²) in [6.45, 7) is 1.20. The first kappa shape index (κ1) is 18.5.